The fourth-order valence-corrected chi connectivity index (χ4v) is 1.58. The summed E-state index contributed by atoms with van der Waals surface area (Å²) in [5.41, 5.74) is 0.239. The number of aryl methyl sites for hydroxylation is 1. The third-order valence-corrected chi connectivity index (χ3v) is 2.60. The first-order chi connectivity index (χ1) is 9.66. The zero-order valence-electron chi connectivity index (χ0n) is 11.1. The number of hydrogen-bond donors (Lipinski definition) is 1. The minimum Gasteiger partial charge on any atom is -0.436 e. The average molecular weight is 272 g/mol. The molecule has 0 radical (unpaired) electrons. The van der Waals surface area contributed by atoms with Crippen molar-refractivity contribution in [3.05, 3.63) is 41.5 Å². The monoisotopic (exact) mass is 272 g/mol. The molecule has 20 heavy (non-hydrogen) atoms. The van der Waals surface area contributed by atoms with E-state index in [1.54, 1.807) is 13.1 Å². The van der Waals surface area contributed by atoms with Gasteiger partial charge in [0.2, 0.25) is 5.88 Å². The number of benzene rings is 1. The Labute approximate surface area is 116 Å². The first-order valence-electron chi connectivity index (χ1n) is 6.09. The second-order valence-corrected chi connectivity index (χ2v) is 3.97. The highest BCUT2D eigenvalue weighted by molar-refractivity contribution is 5.41. The highest BCUT2D eigenvalue weighted by Crippen LogP contribution is 2.25. The van der Waals surface area contributed by atoms with Crippen LogP contribution in [-0.2, 0) is 6.42 Å². The van der Waals surface area contributed by atoms with Gasteiger partial charge in [0.05, 0.1) is 11.6 Å². The van der Waals surface area contributed by atoms with Gasteiger partial charge in [0.15, 0.2) is 11.6 Å². The summed E-state index contributed by atoms with van der Waals surface area (Å²) >= 11 is 0. The number of anilines is 1. The van der Waals surface area contributed by atoms with Crippen molar-refractivity contribution in [2.75, 3.05) is 12.4 Å². The number of halogens is 1. The molecule has 1 N–H and O–H groups in total. The van der Waals surface area contributed by atoms with Gasteiger partial charge in [-0.3, -0.25) is 0 Å². The van der Waals surface area contributed by atoms with Gasteiger partial charge in [0.25, 0.3) is 0 Å². The standard InChI is InChI=1S/C14H13FN4O/c1-3-12-18-13(17-2)7-14(19-12)20-11-5-4-9(8-16)6-10(11)15/h4-7H,3H2,1-2H3,(H,17,18,19). The molecule has 102 valence electrons. The van der Waals surface area contributed by atoms with Gasteiger partial charge in [-0.2, -0.15) is 10.2 Å². The largest absolute Gasteiger partial charge is 0.436 e. The fraction of sp³-hybridized carbons (Fsp3) is 0.214. The summed E-state index contributed by atoms with van der Waals surface area (Å²) in [6.45, 7) is 1.92. The van der Waals surface area contributed by atoms with Crippen LogP contribution in [0.5, 0.6) is 11.6 Å². The second kappa shape index (κ2) is 5.97. The Bertz CT molecular complexity index is 644. The fourth-order valence-electron chi connectivity index (χ4n) is 1.58. The number of ether oxygens (including phenoxy) is 1. The zero-order chi connectivity index (χ0) is 14.5. The summed E-state index contributed by atoms with van der Waals surface area (Å²) in [6, 6.07) is 7.45. The summed E-state index contributed by atoms with van der Waals surface area (Å²) in [5, 5.41) is 11.6. The van der Waals surface area contributed by atoms with Crippen molar-refractivity contribution in [1.82, 2.24) is 9.97 Å². The Morgan fingerprint density at radius 1 is 1.35 bits per heavy atom. The minimum absolute atomic E-state index is 0.0202. The molecule has 1 aromatic heterocycles. The Morgan fingerprint density at radius 2 is 2.15 bits per heavy atom. The topological polar surface area (TPSA) is 70.8 Å². The quantitative estimate of drug-likeness (QED) is 0.926. The van der Waals surface area contributed by atoms with E-state index in [1.165, 1.54) is 12.1 Å². The first-order valence-corrected chi connectivity index (χ1v) is 6.09. The van der Waals surface area contributed by atoms with Crippen molar-refractivity contribution in [3.8, 4) is 17.7 Å². The molecule has 2 aromatic rings. The minimum atomic E-state index is -0.605. The van der Waals surface area contributed by atoms with Crippen LogP contribution < -0.4 is 10.1 Å². The van der Waals surface area contributed by atoms with E-state index in [0.717, 1.165) is 6.07 Å². The van der Waals surface area contributed by atoms with E-state index in [0.29, 0.717) is 18.1 Å². The molecule has 0 aliphatic heterocycles. The van der Waals surface area contributed by atoms with Crippen molar-refractivity contribution in [2.45, 2.75) is 13.3 Å². The van der Waals surface area contributed by atoms with Crippen LogP contribution in [0, 0.1) is 17.1 Å². The Hall–Kier alpha value is -2.68. The second-order valence-electron chi connectivity index (χ2n) is 3.97. The van der Waals surface area contributed by atoms with Crippen LogP contribution >= 0.6 is 0 Å². The van der Waals surface area contributed by atoms with Crippen molar-refractivity contribution in [1.29, 1.82) is 5.26 Å². The smallest absolute Gasteiger partial charge is 0.224 e. The third kappa shape index (κ3) is 3.01. The molecule has 0 atom stereocenters. The van der Waals surface area contributed by atoms with Crippen molar-refractivity contribution < 1.29 is 9.13 Å². The molecule has 0 aliphatic carbocycles. The number of rotatable bonds is 4. The van der Waals surface area contributed by atoms with Crippen LogP contribution in [0.3, 0.4) is 0 Å². The Kier molecular flexibility index (Phi) is 4.11. The Balaban J connectivity index is 2.32. The summed E-state index contributed by atoms with van der Waals surface area (Å²) in [6.07, 6.45) is 0.641. The maximum Gasteiger partial charge on any atom is 0.224 e. The molecule has 0 saturated carbocycles. The highest BCUT2D eigenvalue weighted by atomic mass is 19.1. The lowest BCUT2D eigenvalue weighted by Gasteiger charge is -2.09. The molecule has 0 unspecified atom stereocenters. The summed E-state index contributed by atoms with van der Waals surface area (Å²) in [5.74, 6) is 0.866. The van der Waals surface area contributed by atoms with Crippen LogP contribution in [0.25, 0.3) is 0 Å². The molecule has 2 rings (SSSR count). The number of hydrogen-bond acceptors (Lipinski definition) is 5. The van der Waals surface area contributed by atoms with Gasteiger partial charge in [0.1, 0.15) is 11.6 Å². The van der Waals surface area contributed by atoms with E-state index >= 15 is 0 Å². The van der Waals surface area contributed by atoms with Gasteiger partial charge in [-0.1, -0.05) is 6.92 Å². The summed E-state index contributed by atoms with van der Waals surface area (Å²) in [4.78, 5) is 8.40. The van der Waals surface area contributed by atoms with Crippen molar-refractivity contribution >= 4 is 5.82 Å². The lowest BCUT2D eigenvalue weighted by atomic mass is 10.2. The third-order valence-electron chi connectivity index (χ3n) is 2.60. The molecule has 0 saturated heterocycles. The van der Waals surface area contributed by atoms with E-state index in [9.17, 15) is 4.39 Å². The van der Waals surface area contributed by atoms with Gasteiger partial charge in [-0.15, -0.1) is 0 Å². The molecule has 0 bridgehead atoms. The van der Waals surface area contributed by atoms with Crippen LogP contribution in [0.4, 0.5) is 10.2 Å². The van der Waals surface area contributed by atoms with Gasteiger partial charge in [-0.25, -0.2) is 9.37 Å². The van der Waals surface area contributed by atoms with Gasteiger partial charge in [-0.05, 0) is 18.2 Å². The molecule has 1 heterocycles. The van der Waals surface area contributed by atoms with Crippen LogP contribution in [0.1, 0.15) is 18.3 Å². The molecule has 5 nitrogen and oxygen atoms in total. The Morgan fingerprint density at radius 3 is 2.75 bits per heavy atom. The molecule has 0 aliphatic rings. The van der Waals surface area contributed by atoms with Gasteiger partial charge in [0, 0.05) is 19.5 Å². The first kappa shape index (κ1) is 13.7. The van der Waals surface area contributed by atoms with Crippen LogP contribution in [0.2, 0.25) is 0 Å². The summed E-state index contributed by atoms with van der Waals surface area (Å²) < 4.78 is 19.2. The number of nitriles is 1. The lowest BCUT2D eigenvalue weighted by Crippen LogP contribution is -2.01. The number of nitrogens with zero attached hydrogens (tertiary/aromatic N) is 3. The summed E-state index contributed by atoms with van der Waals surface area (Å²) in [7, 11) is 1.73. The van der Waals surface area contributed by atoms with Crippen LogP contribution in [0.15, 0.2) is 24.3 Å². The molecule has 6 heteroatoms. The van der Waals surface area contributed by atoms with E-state index in [1.807, 2.05) is 13.0 Å². The predicted octanol–water partition coefficient (Wildman–Crippen LogP) is 2.88. The number of nitrogens with one attached hydrogen (secondary N) is 1. The zero-order valence-corrected chi connectivity index (χ0v) is 11.1. The van der Waals surface area contributed by atoms with E-state index < -0.39 is 5.82 Å². The maximum absolute atomic E-state index is 13.8. The lowest BCUT2D eigenvalue weighted by molar-refractivity contribution is 0.425. The maximum atomic E-state index is 13.8. The molecule has 0 amide bonds. The SMILES string of the molecule is CCc1nc(NC)cc(Oc2ccc(C#N)cc2F)n1. The van der Waals surface area contributed by atoms with E-state index in [2.05, 4.69) is 15.3 Å². The molecule has 1 aromatic carbocycles. The van der Waals surface area contributed by atoms with Crippen LogP contribution in [-0.4, -0.2) is 17.0 Å². The molecular weight excluding hydrogens is 259 g/mol. The molecular formula is C14H13FN4O. The predicted molar refractivity (Wildman–Crippen MR) is 72.1 cm³/mol. The van der Waals surface area contributed by atoms with Crippen molar-refractivity contribution in [3.63, 3.8) is 0 Å². The van der Waals surface area contributed by atoms with E-state index in [4.69, 9.17) is 10.00 Å². The van der Waals surface area contributed by atoms with Crippen molar-refractivity contribution in [2.24, 2.45) is 0 Å². The molecule has 0 spiro atoms. The van der Waals surface area contributed by atoms with E-state index in [-0.39, 0.29) is 17.2 Å². The normalized spacial score (nSPS) is 9.90. The molecule has 0 fully saturated rings. The van der Waals surface area contributed by atoms with Gasteiger partial charge >= 0.3 is 0 Å². The number of aromatic nitrogens is 2. The van der Waals surface area contributed by atoms with Gasteiger partial charge < -0.3 is 10.1 Å². The average Bonchev–Trinajstić information content (AvgIpc) is 2.48. The highest BCUT2D eigenvalue weighted by Gasteiger charge is 2.09.